The van der Waals surface area contributed by atoms with Gasteiger partial charge >= 0.3 is 0 Å². The van der Waals surface area contributed by atoms with Crippen LogP contribution in [0.5, 0.6) is 0 Å². The second-order valence-electron chi connectivity index (χ2n) is 6.73. The quantitative estimate of drug-likeness (QED) is 0.722. The third kappa shape index (κ3) is 3.05. The topological polar surface area (TPSA) is 76.3 Å². The molecule has 134 valence electrons. The highest BCUT2D eigenvalue weighted by Crippen LogP contribution is 2.30. The summed E-state index contributed by atoms with van der Waals surface area (Å²) in [5.74, 6) is 1.04. The summed E-state index contributed by atoms with van der Waals surface area (Å²) in [5, 5.41) is 11.7. The Hall–Kier alpha value is -2.83. The van der Waals surface area contributed by atoms with Crippen LogP contribution >= 0.6 is 0 Å². The highest BCUT2D eigenvalue weighted by Gasteiger charge is 2.29. The number of fused-ring (bicyclic) bond motifs is 1. The predicted molar refractivity (Wildman–Crippen MR) is 96.6 cm³/mol. The molecule has 3 heterocycles. The van der Waals surface area contributed by atoms with Crippen LogP contribution in [0.1, 0.15) is 49.3 Å². The van der Waals surface area contributed by atoms with E-state index in [1.165, 1.54) is 0 Å². The van der Waals surface area contributed by atoms with Gasteiger partial charge in [-0.3, -0.25) is 4.79 Å². The van der Waals surface area contributed by atoms with Gasteiger partial charge in [0, 0.05) is 25.2 Å². The minimum Gasteiger partial charge on any atom is -0.342 e. The molecule has 0 bridgehead atoms. The molecular weight excluding hydrogens is 328 g/mol. The van der Waals surface area contributed by atoms with Gasteiger partial charge in [0.05, 0.1) is 11.6 Å². The highest BCUT2D eigenvalue weighted by molar-refractivity contribution is 5.83. The lowest BCUT2D eigenvalue weighted by Crippen LogP contribution is -2.40. The molecule has 0 saturated carbocycles. The van der Waals surface area contributed by atoms with Crippen LogP contribution in [-0.4, -0.2) is 48.9 Å². The molecule has 26 heavy (non-hydrogen) atoms. The summed E-state index contributed by atoms with van der Waals surface area (Å²) >= 11 is 0. The first-order valence-electron chi connectivity index (χ1n) is 9.14. The summed E-state index contributed by atoms with van der Waals surface area (Å²) in [5.41, 5.74) is 2.17. The Morgan fingerprint density at radius 3 is 2.69 bits per heavy atom. The van der Waals surface area contributed by atoms with Crippen molar-refractivity contribution in [2.24, 2.45) is 0 Å². The number of piperidine rings is 1. The highest BCUT2D eigenvalue weighted by atomic mass is 16.2. The number of hydrogen-bond donors (Lipinski definition) is 0. The summed E-state index contributed by atoms with van der Waals surface area (Å²) in [6.07, 6.45) is 4.39. The van der Waals surface area contributed by atoms with Gasteiger partial charge < -0.3 is 4.90 Å². The molecule has 2 aromatic heterocycles. The van der Waals surface area contributed by atoms with Gasteiger partial charge in [-0.1, -0.05) is 42.4 Å². The predicted octanol–water partition coefficient (Wildman–Crippen LogP) is 2.42. The Morgan fingerprint density at radius 2 is 1.96 bits per heavy atom. The van der Waals surface area contributed by atoms with E-state index in [1.807, 2.05) is 41.3 Å². The lowest BCUT2D eigenvalue weighted by Gasteiger charge is -2.34. The Kier molecular flexibility index (Phi) is 4.60. The van der Waals surface area contributed by atoms with E-state index < -0.39 is 0 Å². The molecule has 0 radical (unpaired) electrons. The van der Waals surface area contributed by atoms with E-state index in [0.717, 1.165) is 43.6 Å². The zero-order valence-electron chi connectivity index (χ0n) is 14.8. The second-order valence-corrected chi connectivity index (χ2v) is 6.73. The van der Waals surface area contributed by atoms with Gasteiger partial charge in [0.15, 0.2) is 0 Å². The largest absolute Gasteiger partial charge is 0.342 e. The van der Waals surface area contributed by atoms with Gasteiger partial charge in [-0.05, 0) is 41.3 Å². The molecule has 4 rings (SSSR count). The zero-order chi connectivity index (χ0) is 17.9. The van der Waals surface area contributed by atoms with Crippen molar-refractivity contribution in [1.82, 2.24) is 29.9 Å². The van der Waals surface area contributed by atoms with Crippen LogP contribution in [0.2, 0.25) is 0 Å². The summed E-state index contributed by atoms with van der Waals surface area (Å²) in [7, 11) is 0. The van der Waals surface area contributed by atoms with Crippen LogP contribution in [0, 0.1) is 0 Å². The van der Waals surface area contributed by atoms with E-state index in [-0.39, 0.29) is 11.8 Å². The van der Waals surface area contributed by atoms with Crippen LogP contribution in [0.25, 0.3) is 5.78 Å². The molecule has 7 heteroatoms. The molecule has 1 saturated heterocycles. The number of carbonyl (C=O) groups is 1. The van der Waals surface area contributed by atoms with Gasteiger partial charge in [0.25, 0.3) is 5.78 Å². The fraction of sp³-hybridized carbons (Fsp3) is 0.421. The minimum absolute atomic E-state index is 0.0557. The molecule has 1 fully saturated rings. The van der Waals surface area contributed by atoms with E-state index in [2.05, 4.69) is 27.4 Å². The number of tetrazole rings is 1. The molecule has 1 aromatic carbocycles. The Morgan fingerprint density at radius 1 is 1.19 bits per heavy atom. The van der Waals surface area contributed by atoms with E-state index in [1.54, 1.807) is 10.7 Å². The molecule has 0 N–H and O–H groups in total. The molecule has 1 unspecified atom stereocenters. The normalized spacial score (nSPS) is 16.7. The monoisotopic (exact) mass is 350 g/mol. The Bertz CT molecular complexity index is 885. The number of amides is 1. The first-order chi connectivity index (χ1) is 12.8. The number of aromatic nitrogens is 5. The number of nitrogens with zero attached hydrogens (tertiary/aromatic N) is 6. The molecule has 3 aromatic rings. The van der Waals surface area contributed by atoms with Gasteiger partial charge in [-0.25, -0.2) is 4.98 Å². The number of hydrogen-bond acceptors (Lipinski definition) is 5. The number of rotatable bonds is 4. The van der Waals surface area contributed by atoms with Crippen LogP contribution in [0.3, 0.4) is 0 Å². The van der Waals surface area contributed by atoms with Gasteiger partial charge in [-0.15, -0.1) is 0 Å². The first kappa shape index (κ1) is 16.6. The van der Waals surface area contributed by atoms with Crippen molar-refractivity contribution in [2.75, 3.05) is 13.1 Å². The van der Waals surface area contributed by atoms with Crippen molar-refractivity contribution in [3.8, 4) is 0 Å². The van der Waals surface area contributed by atoms with Gasteiger partial charge in [0.1, 0.15) is 0 Å². The summed E-state index contributed by atoms with van der Waals surface area (Å²) < 4.78 is 1.71. The van der Waals surface area contributed by atoms with Gasteiger partial charge in [-0.2, -0.15) is 4.52 Å². The maximum Gasteiger partial charge on any atom is 0.273 e. The average Bonchev–Trinajstić information content (AvgIpc) is 3.18. The van der Waals surface area contributed by atoms with Crippen molar-refractivity contribution in [1.29, 1.82) is 0 Å². The molecule has 0 aliphatic carbocycles. The fourth-order valence-electron chi connectivity index (χ4n) is 3.84. The molecule has 0 spiro atoms. The maximum absolute atomic E-state index is 13.0. The molecule has 1 atom stereocenters. The van der Waals surface area contributed by atoms with Gasteiger partial charge in [0.2, 0.25) is 5.91 Å². The standard InChI is InChI=1S/C19H22N6O/c1-2-16(14-6-4-3-5-7-14)18(26)24-12-9-15(10-13-24)17-8-11-20-19-21-22-23-25(17)19/h3-8,11,15-16H,2,9-10,12-13H2,1H3. The number of carbonyl (C=O) groups excluding carboxylic acids is 1. The minimum atomic E-state index is -0.0557. The fourth-order valence-corrected chi connectivity index (χ4v) is 3.84. The van der Waals surface area contributed by atoms with E-state index in [9.17, 15) is 4.79 Å². The molecular formula is C19H22N6O. The third-order valence-electron chi connectivity index (χ3n) is 5.27. The van der Waals surface area contributed by atoms with E-state index >= 15 is 0 Å². The first-order valence-corrected chi connectivity index (χ1v) is 9.14. The lowest BCUT2D eigenvalue weighted by molar-refractivity contribution is -0.134. The van der Waals surface area contributed by atoms with Crippen molar-refractivity contribution >= 4 is 11.7 Å². The Labute approximate surface area is 152 Å². The summed E-state index contributed by atoms with van der Waals surface area (Å²) in [4.78, 5) is 19.2. The SMILES string of the molecule is CCC(C(=O)N1CCC(c2ccnc3nnnn23)CC1)c1ccccc1. The maximum atomic E-state index is 13.0. The van der Waals surface area contributed by atoms with Crippen LogP contribution < -0.4 is 0 Å². The van der Waals surface area contributed by atoms with Crippen LogP contribution in [-0.2, 0) is 4.79 Å². The van der Waals surface area contributed by atoms with Crippen LogP contribution in [0.4, 0.5) is 0 Å². The number of benzene rings is 1. The van der Waals surface area contributed by atoms with Crippen molar-refractivity contribution in [3.63, 3.8) is 0 Å². The number of likely N-dealkylation sites (tertiary alicyclic amines) is 1. The molecule has 1 aliphatic heterocycles. The Balaban J connectivity index is 1.46. The third-order valence-corrected chi connectivity index (χ3v) is 5.27. The lowest BCUT2D eigenvalue weighted by atomic mass is 9.90. The van der Waals surface area contributed by atoms with E-state index in [4.69, 9.17) is 0 Å². The summed E-state index contributed by atoms with van der Waals surface area (Å²) in [6.45, 7) is 3.60. The summed E-state index contributed by atoms with van der Waals surface area (Å²) in [6, 6.07) is 12.1. The van der Waals surface area contributed by atoms with Crippen molar-refractivity contribution in [3.05, 3.63) is 53.9 Å². The molecule has 7 nitrogen and oxygen atoms in total. The molecule has 1 aliphatic rings. The van der Waals surface area contributed by atoms with Crippen LogP contribution in [0.15, 0.2) is 42.6 Å². The van der Waals surface area contributed by atoms with Crippen molar-refractivity contribution < 1.29 is 4.79 Å². The second kappa shape index (κ2) is 7.19. The van der Waals surface area contributed by atoms with E-state index in [0.29, 0.717) is 11.7 Å². The van der Waals surface area contributed by atoms with Crippen molar-refractivity contribution in [2.45, 2.75) is 38.0 Å². The average molecular weight is 350 g/mol. The zero-order valence-corrected chi connectivity index (χ0v) is 14.8. The molecule has 1 amide bonds. The smallest absolute Gasteiger partial charge is 0.273 e.